The first-order chi connectivity index (χ1) is 12.1. The van der Waals surface area contributed by atoms with Gasteiger partial charge in [0.1, 0.15) is 0 Å². The van der Waals surface area contributed by atoms with Crippen molar-refractivity contribution in [1.82, 2.24) is 14.7 Å². The van der Waals surface area contributed by atoms with E-state index in [1.54, 1.807) is 11.7 Å². The Morgan fingerprint density at radius 2 is 1.69 bits per heavy atom. The fourth-order valence-electron chi connectivity index (χ4n) is 3.22. The third-order valence-corrected chi connectivity index (χ3v) is 4.73. The van der Waals surface area contributed by atoms with Crippen molar-refractivity contribution in [3.8, 4) is 0 Å². The lowest BCUT2D eigenvalue weighted by Gasteiger charge is -2.18. The van der Waals surface area contributed by atoms with Gasteiger partial charge in [0.15, 0.2) is 0 Å². The molecule has 0 saturated carbocycles. The van der Waals surface area contributed by atoms with Crippen LogP contribution in [0.1, 0.15) is 33.6 Å². The lowest BCUT2D eigenvalue weighted by molar-refractivity contribution is -0.132. The van der Waals surface area contributed by atoms with Gasteiger partial charge in [-0.05, 0) is 45.7 Å². The molecular formula is C20H28N4O2. The van der Waals surface area contributed by atoms with Crippen LogP contribution in [-0.4, -0.2) is 40.1 Å². The summed E-state index contributed by atoms with van der Waals surface area (Å²) in [7, 11) is 3.51. The van der Waals surface area contributed by atoms with Crippen LogP contribution < -0.4 is 5.32 Å². The number of benzene rings is 1. The molecule has 0 atom stereocenters. The van der Waals surface area contributed by atoms with Gasteiger partial charge in [0.05, 0.1) is 18.7 Å². The van der Waals surface area contributed by atoms with Gasteiger partial charge in [0.2, 0.25) is 11.8 Å². The Labute approximate surface area is 155 Å². The summed E-state index contributed by atoms with van der Waals surface area (Å²) in [6.07, 6.45) is 0.248. The molecule has 0 bridgehead atoms. The van der Waals surface area contributed by atoms with Gasteiger partial charge < -0.3 is 10.2 Å². The van der Waals surface area contributed by atoms with Gasteiger partial charge in [-0.1, -0.05) is 17.7 Å². The monoisotopic (exact) mass is 356 g/mol. The predicted molar refractivity (Wildman–Crippen MR) is 103 cm³/mol. The Balaban J connectivity index is 2.01. The summed E-state index contributed by atoms with van der Waals surface area (Å²) in [5, 5.41) is 7.27. The van der Waals surface area contributed by atoms with Gasteiger partial charge >= 0.3 is 0 Å². The molecule has 2 amide bonds. The molecule has 6 nitrogen and oxygen atoms in total. The van der Waals surface area contributed by atoms with Crippen molar-refractivity contribution in [2.45, 2.75) is 41.0 Å². The lowest BCUT2D eigenvalue weighted by Crippen LogP contribution is -2.36. The molecule has 0 radical (unpaired) electrons. The Bertz CT molecular complexity index is 829. The fourth-order valence-corrected chi connectivity index (χ4v) is 3.22. The molecule has 1 N–H and O–H groups in total. The van der Waals surface area contributed by atoms with Crippen molar-refractivity contribution >= 4 is 17.5 Å². The van der Waals surface area contributed by atoms with E-state index in [2.05, 4.69) is 10.4 Å². The second-order valence-corrected chi connectivity index (χ2v) is 7.02. The molecule has 0 saturated heterocycles. The second-order valence-electron chi connectivity index (χ2n) is 7.02. The Morgan fingerprint density at radius 1 is 1.12 bits per heavy atom. The van der Waals surface area contributed by atoms with Crippen LogP contribution >= 0.6 is 0 Å². The average Bonchev–Trinajstić information content (AvgIpc) is 2.77. The van der Waals surface area contributed by atoms with Crippen molar-refractivity contribution in [2.24, 2.45) is 7.05 Å². The summed E-state index contributed by atoms with van der Waals surface area (Å²) in [4.78, 5) is 26.3. The highest BCUT2D eigenvalue weighted by Gasteiger charge is 2.18. The maximum absolute atomic E-state index is 12.5. The first-order valence-corrected chi connectivity index (χ1v) is 8.71. The molecule has 0 spiro atoms. The number of amides is 2. The largest absolute Gasteiger partial charge is 0.336 e. The van der Waals surface area contributed by atoms with Crippen molar-refractivity contribution in [3.05, 3.63) is 45.8 Å². The molecule has 1 heterocycles. The number of carbonyl (C=O) groups excluding carboxylic acids is 2. The third kappa shape index (κ3) is 4.31. The predicted octanol–water partition coefficient (Wildman–Crippen LogP) is 2.60. The van der Waals surface area contributed by atoms with Crippen LogP contribution in [0, 0.1) is 34.6 Å². The SMILES string of the molecule is Cc1cc(C)c(NC(=O)CN(C)C(=O)Cc2c(C)nn(C)c2C)c(C)c1. The number of carbonyl (C=O) groups is 2. The van der Waals surface area contributed by atoms with E-state index in [0.29, 0.717) is 0 Å². The standard InChI is InChI=1S/C20H28N4O2/c1-12-8-13(2)20(14(3)9-12)21-18(25)11-23(6)19(26)10-17-15(4)22-24(7)16(17)5/h8-9H,10-11H2,1-7H3,(H,21,25). The van der Waals surface area contributed by atoms with Crippen LogP contribution in [0.3, 0.4) is 0 Å². The van der Waals surface area contributed by atoms with Gasteiger partial charge in [0, 0.05) is 31.0 Å². The van der Waals surface area contributed by atoms with Gasteiger partial charge in [-0.3, -0.25) is 14.3 Å². The lowest BCUT2D eigenvalue weighted by atomic mass is 10.1. The number of hydrogen-bond acceptors (Lipinski definition) is 3. The normalized spacial score (nSPS) is 10.7. The van der Waals surface area contributed by atoms with E-state index in [4.69, 9.17) is 0 Å². The van der Waals surface area contributed by atoms with E-state index in [0.717, 1.165) is 39.3 Å². The molecule has 0 unspecified atom stereocenters. The van der Waals surface area contributed by atoms with Crippen molar-refractivity contribution in [2.75, 3.05) is 18.9 Å². The summed E-state index contributed by atoms with van der Waals surface area (Å²) in [6.45, 7) is 9.82. The molecule has 0 aliphatic rings. The molecule has 6 heteroatoms. The Morgan fingerprint density at radius 3 is 2.19 bits per heavy atom. The van der Waals surface area contributed by atoms with Crippen molar-refractivity contribution in [3.63, 3.8) is 0 Å². The van der Waals surface area contributed by atoms with Crippen LogP contribution in [0.25, 0.3) is 0 Å². The Kier molecular flexibility index (Phi) is 5.85. The molecule has 0 aliphatic heterocycles. The molecule has 1 aromatic carbocycles. The highest BCUT2D eigenvalue weighted by Crippen LogP contribution is 2.22. The summed E-state index contributed by atoms with van der Waals surface area (Å²) >= 11 is 0. The maximum atomic E-state index is 12.5. The Hall–Kier alpha value is -2.63. The molecule has 2 rings (SSSR count). The zero-order chi connectivity index (χ0) is 19.6. The summed E-state index contributed by atoms with van der Waals surface area (Å²) in [5.74, 6) is -0.299. The van der Waals surface area contributed by atoms with E-state index in [1.807, 2.05) is 53.8 Å². The highest BCUT2D eigenvalue weighted by atomic mass is 16.2. The molecule has 0 fully saturated rings. The smallest absolute Gasteiger partial charge is 0.243 e. The molecule has 0 aliphatic carbocycles. The number of anilines is 1. The first kappa shape index (κ1) is 19.7. The molecule has 1 aromatic heterocycles. The number of likely N-dealkylation sites (N-methyl/N-ethyl adjacent to an activating group) is 1. The molecule has 26 heavy (non-hydrogen) atoms. The van der Waals surface area contributed by atoms with E-state index in [9.17, 15) is 9.59 Å². The molecule has 2 aromatic rings. The van der Waals surface area contributed by atoms with Gasteiger partial charge in [-0.25, -0.2) is 0 Å². The quantitative estimate of drug-likeness (QED) is 0.895. The van der Waals surface area contributed by atoms with Crippen LogP contribution in [0.4, 0.5) is 5.69 Å². The fraction of sp³-hybridized carbons (Fsp3) is 0.450. The van der Waals surface area contributed by atoms with Gasteiger partial charge in [-0.15, -0.1) is 0 Å². The first-order valence-electron chi connectivity index (χ1n) is 8.71. The van der Waals surface area contributed by atoms with Crippen molar-refractivity contribution in [1.29, 1.82) is 0 Å². The minimum Gasteiger partial charge on any atom is -0.336 e. The third-order valence-electron chi connectivity index (χ3n) is 4.73. The van der Waals surface area contributed by atoms with Crippen LogP contribution in [0.5, 0.6) is 0 Å². The van der Waals surface area contributed by atoms with Gasteiger partial charge in [-0.2, -0.15) is 5.10 Å². The highest BCUT2D eigenvalue weighted by molar-refractivity contribution is 5.96. The number of nitrogens with zero attached hydrogens (tertiary/aromatic N) is 3. The number of hydrogen-bond donors (Lipinski definition) is 1. The van der Waals surface area contributed by atoms with Crippen LogP contribution in [0.15, 0.2) is 12.1 Å². The maximum Gasteiger partial charge on any atom is 0.243 e. The van der Waals surface area contributed by atoms with Crippen molar-refractivity contribution < 1.29 is 9.59 Å². The average molecular weight is 356 g/mol. The number of aryl methyl sites for hydroxylation is 5. The number of aromatic nitrogens is 2. The summed E-state index contributed by atoms with van der Waals surface area (Å²) in [5.41, 5.74) is 6.77. The van der Waals surface area contributed by atoms with E-state index < -0.39 is 0 Å². The molecule has 140 valence electrons. The summed E-state index contributed by atoms with van der Waals surface area (Å²) in [6, 6.07) is 4.07. The van der Waals surface area contributed by atoms with Crippen LogP contribution in [0.2, 0.25) is 0 Å². The number of nitrogens with one attached hydrogen (secondary N) is 1. The second kappa shape index (κ2) is 7.72. The topological polar surface area (TPSA) is 67.2 Å². The zero-order valence-corrected chi connectivity index (χ0v) is 16.7. The molecular weight excluding hydrogens is 328 g/mol. The van der Waals surface area contributed by atoms with E-state index in [1.165, 1.54) is 4.90 Å². The van der Waals surface area contributed by atoms with E-state index in [-0.39, 0.29) is 24.8 Å². The minimum absolute atomic E-state index is 0.0178. The van der Waals surface area contributed by atoms with Crippen LogP contribution in [-0.2, 0) is 23.1 Å². The minimum atomic E-state index is -0.199. The summed E-state index contributed by atoms with van der Waals surface area (Å²) < 4.78 is 1.77. The zero-order valence-electron chi connectivity index (χ0n) is 16.7. The van der Waals surface area contributed by atoms with E-state index >= 15 is 0 Å². The number of rotatable bonds is 5. The van der Waals surface area contributed by atoms with Gasteiger partial charge in [0.25, 0.3) is 0 Å².